The van der Waals surface area contributed by atoms with Gasteiger partial charge >= 0.3 is 0 Å². The van der Waals surface area contributed by atoms with Crippen molar-refractivity contribution < 1.29 is 4.74 Å². The Labute approximate surface area is 88.4 Å². The fourth-order valence-electron chi connectivity index (χ4n) is 1.89. The van der Waals surface area contributed by atoms with Crippen LogP contribution in [0.3, 0.4) is 0 Å². The van der Waals surface area contributed by atoms with Crippen LogP contribution < -0.4 is 5.32 Å². The summed E-state index contributed by atoms with van der Waals surface area (Å²) in [6.45, 7) is 9.68. The third kappa shape index (κ3) is 3.97. The van der Waals surface area contributed by atoms with Gasteiger partial charge in [-0.3, -0.25) is 0 Å². The van der Waals surface area contributed by atoms with Crippen molar-refractivity contribution in [2.24, 2.45) is 11.8 Å². The van der Waals surface area contributed by atoms with Crippen LogP contribution in [-0.4, -0.2) is 25.8 Å². The average Bonchev–Trinajstić information content (AvgIpc) is 2.10. The van der Waals surface area contributed by atoms with Gasteiger partial charge in [-0.15, -0.1) is 0 Å². The molecular weight excluding hydrogens is 174 g/mol. The molecular formula is C12H25NO. The maximum Gasteiger partial charge on any atom is 0.0497 e. The summed E-state index contributed by atoms with van der Waals surface area (Å²) in [6.07, 6.45) is 3.90. The molecule has 0 amide bonds. The van der Waals surface area contributed by atoms with Gasteiger partial charge in [-0.1, -0.05) is 20.8 Å². The van der Waals surface area contributed by atoms with Crippen molar-refractivity contribution in [3.63, 3.8) is 0 Å². The van der Waals surface area contributed by atoms with Crippen molar-refractivity contribution in [2.45, 2.75) is 46.1 Å². The number of rotatable bonds is 7. The molecule has 1 aliphatic rings. The Morgan fingerprint density at radius 1 is 1.29 bits per heavy atom. The Hall–Kier alpha value is -0.0800. The lowest BCUT2D eigenvalue weighted by atomic mass is 9.74. The second-order valence-corrected chi connectivity index (χ2v) is 4.74. The van der Waals surface area contributed by atoms with Gasteiger partial charge in [0.25, 0.3) is 0 Å². The topological polar surface area (TPSA) is 21.3 Å². The van der Waals surface area contributed by atoms with Gasteiger partial charge in [0.1, 0.15) is 0 Å². The lowest BCUT2D eigenvalue weighted by Crippen LogP contribution is -2.39. The predicted octanol–water partition coefficient (Wildman–Crippen LogP) is 2.44. The van der Waals surface area contributed by atoms with Crippen LogP contribution in [0.4, 0.5) is 0 Å². The van der Waals surface area contributed by atoms with Crippen LogP contribution in [0.15, 0.2) is 0 Å². The van der Waals surface area contributed by atoms with Gasteiger partial charge in [0.2, 0.25) is 0 Å². The molecule has 1 saturated carbocycles. The fourth-order valence-corrected chi connectivity index (χ4v) is 1.89. The monoisotopic (exact) mass is 199 g/mol. The number of nitrogens with one attached hydrogen (secondary N) is 1. The summed E-state index contributed by atoms with van der Waals surface area (Å²) < 4.78 is 5.60. The van der Waals surface area contributed by atoms with E-state index in [4.69, 9.17) is 4.74 Å². The molecule has 84 valence electrons. The average molecular weight is 199 g/mol. The summed E-state index contributed by atoms with van der Waals surface area (Å²) in [4.78, 5) is 0. The van der Waals surface area contributed by atoms with Gasteiger partial charge in [0, 0.05) is 19.3 Å². The van der Waals surface area contributed by atoms with Crippen LogP contribution in [-0.2, 0) is 4.74 Å². The highest BCUT2D eigenvalue weighted by Crippen LogP contribution is 2.33. The zero-order valence-corrected chi connectivity index (χ0v) is 9.88. The number of hydrogen-bond donors (Lipinski definition) is 1. The molecule has 2 heteroatoms. The molecule has 0 heterocycles. The standard InChI is InChI=1S/C12H25NO/c1-4-7-14-9-12-6-5-11(12)8-13-10(2)3/h10-13H,4-9H2,1-3H3. The molecule has 0 aromatic carbocycles. The smallest absolute Gasteiger partial charge is 0.0497 e. The molecule has 0 bridgehead atoms. The summed E-state index contributed by atoms with van der Waals surface area (Å²) in [5, 5.41) is 3.51. The fraction of sp³-hybridized carbons (Fsp3) is 1.00. The minimum Gasteiger partial charge on any atom is -0.381 e. The quantitative estimate of drug-likeness (QED) is 0.636. The van der Waals surface area contributed by atoms with Gasteiger partial charge < -0.3 is 10.1 Å². The Morgan fingerprint density at radius 2 is 2.00 bits per heavy atom. The second-order valence-electron chi connectivity index (χ2n) is 4.74. The van der Waals surface area contributed by atoms with Crippen molar-refractivity contribution in [3.05, 3.63) is 0 Å². The third-order valence-electron chi connectivity index (χ3n) is 3.04. The van der Waals surface area contributed by atoms with Gasteiger partial charge in [-0.2, -0.15) is 0 Å². The van der Waals surface area contributed by atoms with Crippen LogP contribution in [0.5, 0.6) is 0 Å². The third-order valence-corrected chi connectivity index (χ3v) is 3.04. The van der Waals surface area contributed by atoms with E-state index >= 15 is 0 Å². The van der Waals surface area contributed by atoms with Crippen LogP contribution in [0, 0.1) is 11.8 Å². The Bertz CT molecular complexity index is 147. The van der Waals surface area contributed by atoms with E-state index in [1.807, 2.05) is 0 Å². The highest BCUT2D eigenvalue weighted by Gasteiger charge is 2.30. The first-order valence-electron chi connectivity index (χ1n) is 6.05. The van der Waals surface area contributed by atoms with Crippen molar-refractivity contribution in [1.29, 1.82) is 0 Å². The molecule has 0 spiro atoms. The first kappa shape index (κ1) is 12.0. The van der Waals surface area contributed by atoms with Crippen LogP contribution in [0.2, 0.25) is 0 Å². The van der Waals surface area contributed by atoms with E-state index < -0.39 is 0 Å². The lowest BCUT2D eigenvalue weighted by molar-refractivity contribution is 0.0316. The van der Waals surface area contributed by atoms with Crippen LogP contribution >= 0.6 is 0 Å². The largest absolute Gasteiger partial charge is 0.381 e. The molecule has 0 saturated heterocycles. The predicted molar refractivity (Wildman–Crippen MR) is 60.5 cm³/mol. The van der Waals surface area contributed by atoms with Gasteiger partial charge in [0.05, 0.1) is 0 Å². The van der Waals surface area contributed by atoms with E-state index in [2.05, 4.69) is 26.1 Å². The molecule has 2 nitrogen and oxygen atoms in total. The molecule has 1 fully saturated rings. The van der Waals surface area contributed by atoms with Crippen molar-refractivity contribution in [2.75, 3.05) is 19.8 Å². The summed E-state index contributed by atoms with van der Waals surface area (Å²) in [5.41, 5.74) is 0. The van der Waals surface area contributed by atoms with E-state index in [9.17, 15) is 0 Å². The minimum absolute atomic E-state index is 0.618. The summed E-state index contributed by atoms with van der Waals surface area (Å²) in [6, 6.07) is 0.618. The normalized spacial score (nSPS) is 26.6. The molecule has 2 atom stereocenters. The van der Waals surface area contributed by atoms with Gasteiger partial charge in [-0.05, 0) is 37.6 Å². The first-order valence-corrected chi connectivity index (χ1v) is 6.05. The van der Waals surface area contributed by atoms with Crippen molar-refractivity contribution >= 4 is 0 Å². The molecule has 14 heavy (non-hydrogen) atoms. The van der Waals surface area contributed by atoms with Crippen LogP contribution in [0.25, 0.3) is 0 Å². The molecule has 1 N–H and O–H groups in total. The molecule has 1 rings (SSSR count). The van der Waals surface area contributed by atoms with E-state index in [0.29, 0.717) is 6.04 Å². The maximum absolute atomic E-state index is 5.60. The van der Waals surface area contributed by atoms with Crippen molar-refractivity contribution in [3.8, 4) is 0 Å². The van der Waals surface area contributed by atoms with Crippen LogP contribution in [0.1, 0.15) is 40.0 Å². The maximum atomic E-state index is 5.60. The molecule has 0 aliphatic heterocycles. The minimum atomic E-state index is 0.618. The highest BCUT2D eigenvalue weighted by molar-refractivity contribution is 4.82. The van der Waals surface area contributed by atoms with Crippen molar-refractivity contribution in [1.82, 2.24) is 5.32 Å². The number of ether oxygens (including phenoxy) is 1. The number of hydrogen-bond acceptors (Lipinski definition) is 2. The van der Waals surface area contributed by atoms with E-state index in [0.717, 1.165) is 31.5 Å². The lowest BCUT2D eigenvalue weighted by Gasteiger charge is -2.37. The van der Waals surface area contributed by atoms with E-state index in [1.165, 1.54) is 19.4 Å². The molecule has 0 aromatic rings. The Balaban J connectivity index is 2.03. The zero-order valence-electron chi connectivity index (χ0n) is 9.88. The van der Waals surface area contributed by atoms with E-state index in [-0.39, 0.29) is 0 Å². The molecule has 0 radical (unpaired) electrons. The molecule has 1 aliphatic carbocycles. The molecule has 0 aromatic heterocycles. The summed E-state index contributed by atoms with van der Waals surface area (Å²) >= 11 is 0. The SMILES string of the molecule is CCCOCC1CCC1CNC(C)C. The summed E-state index contributed by atoms with van der Waals surface area (Å²) in [7, 11) is 0. The highest BCUT2D eigenvalue weighted by atomic mass is 16.5. The molecule has 2 unspecified atom stereocenters. The van der Waals surface area contributed by atoms with E-state index in [1.54, 1.807) is 0 Å². The Morgan fingerprint density at radius 3 is 2.50 bits per heavy atom. The summed E-state index contributed by atoms with van der Waals surface area (Å²) in [5.74, 6) is 1.70. The van der Waals surface area contributed by atoms with Gasteiger partial charge in [0.15, 0.2) is 0 Å². The Kier molecular flexibility index (Phi) is 5.49. The zero-order chi connectivity index (χ0) is 10.4. The first-order chi connectivity index (χ1) is 6.74. The second kappa shape index (κ2) is 6.41. The van der Waals surface area contributed by atoms with Gasteiger partial charge in [-0.25, -0.2) is 0 Å².